The zero-order chi connectivity index (χ0) is 19.6. The highest BCUT2D eigenvalue weighted by Crippen LogP contribution is 2.32. The molecule has 1 fully saturated rings. The fraction of sp³-hybridized carbons (Fsp3) is 0.130. The SMILES string of the molecule is O=C1CCCN1c1cccc(Oc2nc(-c3cccnc3)nc3ccccc23)c1. The maximum atomic E-state index is 12.1. The molecule has 0 saturated carbocycles. The van der Waals surface area contributed by atoms with Crippen LogP contribution in [0, 0.1) is 0 Å². The smallest absolute Gasteiger partial charge is 0.230 e. The predicted molar refractivity (Wildman–Crippen MR) is 111 cm³/mol. The normalized spacial score (nSPS) is 13.8. The molecule has 2 aromatic heterocycles. The molecule has 0 atom stereocenters. The molecule has 6 heteroatoms. The largest absolute Gasteiger partial charge is 0.438 e. The minimum atomic E-state index is 0.147. The van der Waals surface area contributed by atoms with Gasteiger partial charge in [-0.2, -0.15) is 4.98 Å². The van der Waals surface area contributed by atoms with E-state index >= 15 is 0 Å². The number of benzene rings is 2. The summed E-state index contributed by atoms with van der Waals surface area (Å²) in [5.74, 6) is 1.80. The lowest BCUT2D eigenvalue weighted by molar-refractivity contribution is -0.117. The molecular weight excluding hydrogens is 364 g/mol. The van der Waals surface area contributed by atoms with Gasteiger partial charge >= 0.3 is 0 Å². The number of para-hydroxylation sites is 1. The number of fused-ring (bicyclic) bond motifs is 1. The Morgan fingerprint density at radius 3 is 2.72 bits per heavy atom. The Bertz CT molecular complexity index is 1190. The second-order valence-corrected chi connectivity index (χ2v) is 6.86. The molecular formula is C23H18N4O2. The molecule has 0 N–H and O–H groups in total. The van der Waals surface area contributed by atoms with Gasteiger partial charge in [-0.25, -0.2) is 4.98 Å². The number of anilines is 1. The molecule has 2 aromatic carbocycles. The second-order valence-electron chi connectivity index (χ2n) is 6.86. The molecule has 1 aliphatic heterocycles. The van der Waals surface area contributed by atoms with Crippen LogP contribution in [-0.2, 0) is 4.79 Å². The number of carbonyl (C=O) groups excluding carboxylic acids is 1. The average Bonchev–Trinajstić information content (AvgIpc) is 3.20. The Morgan fingerprint density at radius 2 is 1.90 bits per heavy atom. The van der Waals surface area contributed by atoms with Crippen molar-refractivity contribution in [1.29, 1.82) is 0 Å². The van der Waals surface area contributed by atoms with Crippen molar-refractivity contribution >= 4 is 22.5 Å². The van der Waals surface area contributed by atoms with Crippen molar-refractivity contribution in [3.63, 3.8) is 0 Å². The molecule has 0 aliphatic carbocycles. The second kappa shape index (κ2) is 7.31. The third-order valence-electron chi connectivity index (χ3n) is 4.91. The van der Waals surface area contributed by atoms with Crippen molar-refractivity contribution in [1.82, 2.24) is 15.0 Å². The lowest BCUT2D eigenvalue weighted by atomic mass is 10.2. The summed E-state index contributed by atoms with van der Waals surface area (Å²) in [7, 11) is 0. The van der Waals surface area contributed by atoms with E-state index in [1.54, 1.807) is 17.3 Å². The molecule has 0 spiro atoms. The lowest BCUT2D eigenvalue weighted by Crippen LogP contribution is -2.23. The van der Waals surface area contributed by atoms with E-state index in [4.69, 9.17) is 4.74 Å². The Labute approximate surface area is 167 Å². The number of nitrogens with zero attached hydrogens (tertiary/aromatic N) is 4. The molecule has 0 radical (unpaired) electrons. The van der Waals surface area contributed by atoms with E-state index in [-0.39, 0.29) is 5.91 Å². The van der Waals surface area contributed by atoms with Crippen LogP contribution in [0.5, 0.6) is 11.6 Å². The minimum absolute atomic E-state index is 0.147. The zero-order valence-corrected chi connectivity index (χ0v) is 15.7. The maximum absolute atomic E-state index is 12.1. The molecule has 142 valence electrons. The van der Waals surface area contributed by atoms with Gasteiger partial charge in [0.25, 0.3) is 0 Å². The zero-order valence-electron chi connectivity index (χ0n) is 15.7. The molecule has 4 aromatic rings. The van der Waals surface area contributed by atoms with Gasteiger partial charge in [-0.05, 0) is 42.8 Å². The van der Waals surface area contributed by atoms with Gasteiger partial charge in [0.1, 0.15) is 5.75 Å². The molecule has 29 heavy (non-hydrogen) atoms. The standard InChI is InChI=1S/C23H18N4O2/c28-21-11-5-13-27(21)17-7-3-8-18(14-17)29-23-19-9-1-2-10-20(19)25-22(26-23)16-6-4-12-24-15-16/h1-4,6-10,12,14-15H,5,11,13H2. The fourth-order valence-corrected chi connectivity index (χ4v) is 3.50. The van der Waals surface area contributed by atoms with Crippen LogP contribution in [0.2, 0.25) is 0 Å². The number of carbonyl (C=O) groups is 1. The molecule has 0 bridgehead atoms. The number of pyridine rings is 1. The van der Waals surface area contributed by atoms with Crippen molar-refractivity contribution < 1.29 is 9.53 Å². The van der Waals surface area contributed by atoms with Crippen molar-refractivity contribution in [2.75, 3.05) is 11.4 Å². The van der Waals surface area contributed by atoms with Crippen molar-refractivity contribution in [3.05, 3.63) is 73.1 Å². The van der Waals surface area contributed by atoms with Gasteiger partial charge in [0, 0.05) is 42.7 Å². The van der Waals surface area contributed by atoms with Crippen LogP contribution in [0.1, 0.15) is 12.8 Å². The van der Waals surface area contributed by atoms with E-state index in [1.165, 1.54) is 0 Å². The van der Waals surface area contributed by atoms with Gasteiger partial charge in [-0.1, -0.05) is 18.2 Å². The molecule has 5 rings (SSSR count). The molecule has 1 aliphatic rings. The van der Waals surface area contributed by atoms with Gasteiger partial charge < -0.3 is 9.64 Å². The Morgan fingerprint density at radius 1 is 0.966 bits per heavy atom. The number of ether oxygens (including phenoxy) is 1. The summed E-state index contributed by atoms with van der Waals surface area (Å²) >= 11 is 0. The van der Waals surface area contributed by atoms with Crippen molar-refractivity contribution in [2.24, 2.45) is 0 Å². The lowest BCUT2D eigenvalue weighted by Gasteiger charge is -2.17. The van der Waals surface area contributed by atoms with E-state index < -0.39 is 0 Å². The summed E-state index contributed by atoms with van der Waals surface area (Å²) in [5, 5.41) is 0.822. The Balaban J connectivity index is 1.56. The summed E-state index contributed by atoms with van der Waals surface area (Å²) in [6, 6.07) is 19.1. The number of amides is 1. The van der Waals surface area contributed by atoms with Gasteiger partial charge in [-0.3, -0.25) is 9.78 Å². The summed E-state index contributed by atoms with van der Waals surface area (Å²) in [4.78, 5) is 27.3. The van der Waals surface area contributed by atoms with Crippen LogP contribution < -0.4 is 9.64 Å². The number of hydrogen-bond acceptors (Lipinski definition) is 5. The van der Waals surface area contributed by atoms with E-state index in [2.05, 4.69) is 15.0 Å². The topological polar surface area (TPSA) is 68.2 Å². The molecule has 0 unspecified atom stereocenters. The predicted octanol–water partition coefficient (Wildman–Crippen LogP) is 4.61. The van der Waals surface area contributed by atoms with Crippen LogP contribution in [0.15, 0.2) is 73.1 Å². The van der Waals surface area contributed by atoms with Gasteiger partial charge in [0.2, 0.25) is 11.8 Å². The van der Waals surface area contributed by atoms with Crippen LogP contribution in [0.3, 0.4) is 0 Å². The minimum Gasteiger partial charge on any atom is -0.438 e. The number of aromatic nitrogens is 3. The number of rotatable bonds is 4. The van der Waals surface area contributed by atoms with E-state index in [0.29, 0.717) is 23.9 Å². The molecule has 1 amide bonds. The first-order valence-corrected chi connectivity index (χ1v) is 9.53. The summed E-state index contributed by atoms with van der Waals surface area (Å²) in [6.07, 6.45) is 4.92. The highest BCUT2D eigenvalue weighted by Gasteiger charge is 2.22. The Kier molecular flexibility index (Phi) is 4.37. The first-order valence-electron chi connectivity index (χ1n) is 9.53. The Hall–Kier alpha value is -3.80. The van der Waals surface area contributed by atoms with E-state index in [1.807, 2.05) is 60.7 Å². The van der Waals surface area contributed by atoms with Crippen LogP contribution in [0.4, 0.5) is 5.69 Å². The first kappa shape index (κ1) is 17.3. The molecule has 6 nitrogen and oxygen atoms in total. The summed E-state index contributed by atoms with van der Waals surface area (Å²) in [6.45, 7) is 0.740. The molecule has 1 saturated heterocycles. The van der Waals surface area contributed by atoms with Crippen LogP contribution in [0.25, 0.3) is 22.3 Å². The highest BCUT2D eigenvalue weighted by molar-refractivity contribution is 5.95. The third kappa shape index (κ3) is 3.40. The van der Waals surface area contributed by atoms with Crippen LogP contribution in [-0.4, -0.2) is 27.4 Å². The fourth-order valence-electron chi connectivity index (χ4n) is 3.50. The van der Waals surface area contributed by atoms with E-state index in [9.17, 15) is 4.79 Å². The van der Waals surface area contributed by atoms with Gasteiger partial charge in [0.15, 0.2) is 5.82 Å². The maximum Gasteiger partial charge on any atom is 0.230 e. The van der Waals surface area contributed by atoms with Gasteiger partial charge in [0.05, 0.1) is 10.9 Å². The van der Waals surface area contributed by atoms with Gasteiger partial charge in [-0.15, -0.1) is 0 Å². The summed E-state index contributed by atoms with van der Waals surface area (Å²) < 4.78 is 6.18. The highest BCUT2D eigenvalue weighted by atomic mass is 16.5. The van der Waals surface area contributed by atoms with Crippen LogP contribution >= 0.6 is 0 Å². The quantitative estimate of drug-likeness (QED) is 0.515. The van der Waals surface area contributed by atoms with Crippen molar-refractivity contribution in [2.45, 2.75) is 12.8 Å². The molecule has 3 heterocycles. The third-order valence-corrected chi connectivity index (χ3v) is 4.91. The first-order chi connectivity index (χ1) is 14.3. The number of hydrogen-bond donors (Lipinski definition) is 0. The van der Waals surface area contributed by atoms with Crippen molar-refractivity contribution in [3.8, 4) is 23.0 Å². The monoisotopic (exact) mass is 382 g/mol. The average molecular weight is 382 g/mol. The summed E-state index contributed by atoms with van der Waals surface area (Å²) in [5.41, 5.74) is 2.46. The van der Waals surface area contributed by atoms with E-state index in [0.717, 1.165) is 35.1 Å².